The normalized spacial score (nSPS) is 16.2. The summed E-state index contributed by atoms with van der Waals surface area (Å²) >= 11 is 0. The van der Waals surface area contributed by atoms with Gasteiger partial charge in [0.2, 0.25) is 0 Å². The molecule has 2 aromatic carbocycles. The maximum atomic E-state index is 5.80. The molecule has 0 fully saturated rings. The van der Waals surface area contributed by atoms with Gasteiger partial charge in [0, 0.05) is 12.0 Å². The van der Waals surface area contributed by atoms with Crippen LogP contribution in [0.15, 0.2) is 36.4 Å². The second-order valence-electron chi connectivity index (χ2n) is 4.83. The Hall–Kier alpha value is -1.80. The standard InChI is InChI=1S/C16H14O2/c1-3-11-7-8-18-16(11)14(6-1)13-5-2-4-12-9-17-10-15(12)13/h1-6H,7-10H2. The van der Waals surface area contributed by atoms with Gasteiger partial charge in [0.1, 0.15) is 5.75 Å². The Morgan fingerprint density at radius 3 is 2.61 bits per heavy atom. The van der Waals surface area contributed by atoms with Crippen molar-refractivity contribution in [3.63, 3.8) is 0 Å². The summed E-state index contributed by atoms with van der Waals surface area (Å²) in [5, 5.41) is 0. The van der Waals surface area contributed by atoms with Crippen molar-refractivity contribution in [1.82, 2.24) is 0 Å². The maximum absolute atomic E-state index is 5.80. The van der Waals surface area contributed by atoms with Crippen LogP contribution in [-0.4, -0.2) is 6.61 Å². The molecule has 2 aromatic rings. The Balaban J connectivity index is 1.95. The van der Waals surface area contributed by atoms with Crippen molar-refractivity contribution in [3.8, 4) is 16.9 Å². The molecule has 0 saturated heterocycles. The first-order chi connectivity index (χ1) is 8.93. The Bertz CT molecular complexity index is 561. The van der Waals surface area contributed by atoms with Gasteiger partial charge < -0.3 is 9.47 Å². The van der Waals surface area contributed by atoms with Gasteiger partial charge in [-0.15, -0.1) is 0 Å². The average Bonchev–Trinajstić information content (AvgIpc) is 3.06. The predicted molar refractivity (Wildman–Crippen MR) is 69.6 cm³/mol. The first-order valence-electron chi connectivity index (χ1n) is 6.37. The van der Waals surface area contributed by atoms with E-state index in [-0.39, 0.29) is 0 Å². The molecule has 2 nitrogen and oxygen atoms in total. The van der Waals surface area contributed by atoms with Crippen LogP contribution in [0.1, 0.15) is 16.7 Å². The van der Waals surface area contributed by atoms with Crippen LogP contribution in [0.5, 0.6) is 5.75 Å². The molecule has 0 bridgehead atoms. The van der Waals surface area contributed by atoms with E-state index in [1.807, 2.05) is 0 Å². The lowest BCUT2D eigenvalue weighted by Crippen LogP contribution is -1.92. The summed E-state index contributed by atoms with van der Waals surface area (Å²) in [7, 11) is 0. The summed E-state index contributed by atoms with van der Waals surface area (Å²) in [6.45, 7) is 2.26. The molecule has 18 heavy (non-hydrogen) atoms. The molecular formula is C16H14O2. The van der Waals surface area contributed by atoms with Gasteiger partial charge in [0.25, 0.3) is 0 Å². The van der Waals surface area contributed by atoms with E-state index in [1.165, 1.54) is 27.8 Å². The Kier molecular flexibility index (Phi) is 2.17. The van der Waals surface area contributed by atoms with Crippen LogP contribution in [0.3, 0.4) is 0 Å². The van der Waals surface area contributed by atoms with E-state index >= 15 is 0 Å². The van der Waals surface area contributed by atoms with Crippen molar-refractivity contribution in [2.45, 2.75) is 19.6 Å². The third-order valence-electron chi connectivity index (χ3n) is 3.78. The van der Waals surface area contributed by atoms with Crippen molar-refractivity contribution in [2.24, 2.45) is 0 Å². The second kappa shape index (κ2) is 3.85. The predicted octanol–water partition coefficient (Wildman–Crippen LogP) is 3.32. The fourth-order valence-corrected chi connectivity index (χ4v) is 2.88. The number of rotatable bonds is 1. The van der Waals surface area contributed by atoms with Crippen molar-refractivity contribution in [2.75, 3.05) is 6.61 Å². The van der Waals surface area contributed by atoms with Crippen LogP contribution < -0.4 is 4.74 Å². The molecule has 90 valence electrons. The fourth-order valence-electron chi connectivity index (χ4n) is 2.88. The van der Waals surface area contributed by atoms with E-state index in [2.05, 4.69) is 36.4 Å². The molecule has 0 unspecified atom stereocenters. The van der Waals surface area contributed by atoms with E-state index in [9.17, 15) is 0 Å². The highest BCUT2D eigenvalue weighted by atomic mass is 16.5. The monoisotopic (exact) mass is 238 g/mol. The first kappa shape index (κ1) is 10.2. The summed E-state index contributed by atoms with van der Waals surface area (Å²) in [6.07, 6.45) is 1.02. The Morgan fingerprint density at radius 1 is 0.833 bits per heavy atom. The number of fused-ring (bicyclic) bond motifs is 2. The summed E-state index contributed by atoms with van der Waals surface area (Å²) in [6, 6.07) is 12.9. The summed E-state index contributed by atoms with van der Waals surface area (Å²) in [5.74, 6) is 1.07. The largest absolute Gasteiger partial charge is 0.492 e. The van der Waals surface area contributed by atoms with Crippen molar-refractivity contribution < 1.29 is 9.47 Å². The molecule has 2 heterocycles. The molecule has 0 N–H and O–H groups in total. The molecule has 4 rings (SSSR count). The highest BCUT2D eigenvalue weighted by Crippen LogP contribution is 2.40. The van der Waals surface area contributed by atoms with Crippen LogP contribution in [0.2, 0.25) is 0 Å². The SMILES string of the molecule is c1cc2c(c(-c3cccc4c3OCC4)c1)COC2. The van der Waals surface area contributed by atoms with Gasteiger partial charge in [-0.05, 0) is 22.3 Å². The van der Waals surface area contributed by atoms with E-state index in [4.69, 9.17) is 9.47 Å². The van der Waals surface area contributed by atoms with Gasteiger partial charge >= 0.3 is 0 Å². The van der Waals surface area contributed by atoms with Crippen molar-refractivity contribution >= 4 is 0 Å². The smallest absolute Gasteiger partial charge is 0.130 e. The van der Waals surface area contributed by atoms with Gasteiger partial charge in [-0.1, -0.05) is 36.4 Å². The fraction of sp³-hybridized carbons (Fsp3) is 0.250. The number of para-hydroxylation sites is 1. The Morgan fingerprint density at radius 2 is 1.67 bits per heavy atom. The van der Waals surface area contributed by atoms with Crippen LogP contribution >= 0.6 is 0 Å². The van der Waals surface area contributed by atoms with Crippen LogP contribution in [0.25, 0.3) is 11.1 Å². The molecule has 0 radical (unpaired) electrons. The molecule has 0 aromatic heterocycles. The molecule has 2 aliphatic heterocycles. The topological polar surface area (TPSA) is 18.5 Å². The molecule has 0 saturated carbocycles. The Labute approximate surface area is 106 Å². The zero-order valence-electron chi connectivity index (χ0n) is 10.1. The zero-order chi connectivity index (χ0) is 11.9. The second-order valence-corrected chi connectivity index (χ2v) is 4.83. The number of benzene rings is 2. The van der Waals surface area contributed by atoms with E-state index in [0.717, 1.165) is 32.0 Å². The molecule has 0 amide bonds. The van der Waals surface area contributed by atoms with Gasteiger partial charge in [0.15, 0.2) is 0 Å². The third kappa shape index (κ3) is 1.39. The summed E-state index contributed by atoms with van der Waals surface area (Å²) < 4.78 is 11.4. The van der Waals surface area contributed by atoms with Crippen molar-refractivity contribution in [1.29, 1.82) is 0 Å². The lowest BCUT2D eigenvalue weighted by molar-refractivity contribution is 0.134. The molecule has 2 aliphatic rings. The highest BCUT2D eigenvalue weighted by molar-refractivity contribution is 5.76. The minimum Gasteiger partial charge on any atom is -0.492 e. The van der Waals surface area contributed by atoms with E-state index < -0.39 is 0 Å². The third-order valence-corrected chi connectivity index (χ3v) is 3.78. The molecular weight excluding hydrogens is 224 g/mol. The quantitative estimate of drug-likeness (QED) is 0.758. The summed E-state index contributed by atoms with van der Waals surface area (Å²) in [5.41, 5.74) is 6.43. The van der Waals surface area contributed by atoms with Gasteiger partial charge in [-0.2, -0.15) is 0 Å². The minimum absolute atomic E-state index is 0.717. The number of ether oxygens (including phenoxy) is 2. The lowest BCUT2D eigenvalue weighted by Gasteiger charge is -2.11. The van der Waals surface area contributed by atoms with Crippen LogP contribution in [-0.2, 0) is 24.4 Å². The van der Waals surface area contributed by atoms with E-state index in [0.29, 0.717) is 0 Å². The lowest BCUT2D eigenvalue weighted by atomic mass is 9.95. The van der Waals surface area contributed by atoms with Gasteiger partial charge in [-0.25, -0.2) is 0 Å². The first-order valence-corrected chi connectivity index (χ1v) is 6.37. The highest BCUT2D eigenvalue weighted by Gasteiger charge is 2.21. The van der Waals surface area contributed by atoms with Gasteiger partial charge in [0.05, 0.1) is 19.8 Å². The van der Waals surface area contributed by atoms with E-state index in [1.54, 1.807) is 0 Å². The van der Waals surface area contributed by atoms with Gasteiger partial charge in [-0.3, -0.25) is 0 Å². The minimum atomic E-state index is 0.717. The maximum Gasteiger partial charge on any atom is 0.130 e. The molecule has 0 spiro atoms. The summed E-state index contributed by atoms with van der Waals surface area (Å²) in [4.78, 5) is 0. The molecule has 0 aliphatic carbocycles. The number of hydrogen-bond acceptors (Lipinski definition) is 2. The molecule has 0 atom stereocenters. The molecule has 2 heteroatoms. The van der Waals surface area contributed by atoms with Crippen molar-refractivity contribution in [3.05, 3.63) is 53.1 Å². The average molecular weight is 238 g/mol. The zero-order valence-corrected chi connectivity index (χ0v) is 10.1. The van der Waals surface area contributed by atoms with Crippen LogP contribution in [0, 0.1) is 0 Å². The van der Waals surface area contributed by atoms with Crippen LogP contribution in [0.4, 0.5) is 0 Å². The number of hydrogen-bond donors (Lipinski definition) is 0.